The number of anilines is 1. The number of likely N-dealkylation sites (tertiary alicyclic amines) is 1. The number of benzene rings is 1. The summed E-state index contributed by atoms with van der Waals surface area (Å²) in [6.07, 6.45) is 3.96. The Morgan fingerprint density at radius 1 is 1.03 bits per heavy atom. The van der Waals surface area contributed by atoms with Gasteiger partial charge in [0, 0.05) is 19.4 Å². The third-order valence-electron chi connectivity index (χ3n) is 12.3. The number of aromatic nitrogens is 4. The van der Waals surface area contributed by atoms with Crippen molar-refractivity contribution in [2.45, 2.75) is 147 Å². The van der Waals surface area contributed by atoms with E-state index >= 15 is 0 Å². The number of ether oxygens (including phenoxy) is 2. The highest BCUT2D eigenvalue weighted by atomic mass is 32.1. The highest BCUT2D eigenvalue weighted by Crippen LogP contribution is 2.40. The van der Waals surface area contributed by atoms with Crippen LogP contribution in [0.4, 0.5) is 5.82 Å². The monoisotopic (exact) mass is 901 g/mol. The standard InChI is InChI=1S/C46H63N9O8S/c1-28(30-15-17-31(18-16-30)39-29(2)51-27-64-39)53-43(60)34-22-32(56)23-54(34)44(61)40(45(3,4)5)49-21-13-11-9-7-6-8-10-12-14-37(57)62-24-35-38(58)41(59)46(25-47,63-35)36-20-19-33-42(48)50-26-52-55(33)36/h15-20,26-28,32,34-35,38,40-41,49,56,58-59H,6-14,21-24H2,1-5H3,(H,53,60)(H2,48,50,52)/t28-,32-,34+,35-,38-,40-,41-,46+/m1/s1. The quantitative estimate of drug-likeness (QED) is 0.0529. The Balaban J connectivity index is 0.855. The van der Waals surface area contributed by atoms with Gasteiger partial charge in [-0.3, -0.25) is 14.4 Å². The van der Waals surface area contributed by atoms with Gasteiger partial charge in [0.2, 0.25) is 17.4 Å². The summed E-state index contributed by atoms with van der Waals surface area (Å²) in [7, 11) is 0. The molecule has 0 unspecified atom stereocenters. The van der Waals surface area contributed by atoms with Crippen molar-refractivity contribution in [2.75, 3.05) is 25.4 Å². The van der Waals surface area contributed by atoms with Gasteiger partial charge < -0.3 is 46.1 Å². The van der Waals surface area contributed by atoms with Crippen LogP contribution in [-0.2, 0) is 29.5 Å². The molecule has 64 heavy (non-hydrogen) atoms. The van der Waals surface area contributed by atoms with Crippen LogP contribution in [0.5, 0.6) is 0 Å². The largest absolute Gasteiger partial charge is 0.463 e. The Morgan fingerprint density at radius 3 is 2.38 bits per heavy atom. The number of aliphatic hydroxyl groups excluding tert-OH is 3. The number of hydrogen-bond donors (Lipinski definition) is 6. The molecule has 7 N–H and O–H groups in total. The number of rotatable bonds is 20. The van der Waals surface area contributed by atoms with Crippen molar-refractivity contribution >= 4 is 40.5 Å². The summed E-state index contributed by atoms with van der Waals surface area (Å²) >= 11 is 1.59. The molecular formula is C46H63N9O8S. The van der Waals surface area contributed by atoms with Gasteiger partial charge in [-0.1, -0.05) is 83.6 Å². The Kier molecular flexibility index (Phi) is 16.1. The summed E-state index contributed by atoms with van der Waals surface area (Å²) in [5.74, 6) is -0.745. The maximum Gasteiger partial charge on any atom is 0.305 e. The van der Waals surface area contributed by atoms with Crippen LogP contribution in [0.1, 0.15) is 115 Å². The maximum atomic E-state index is 14.1. The fraction of sp³-hybridized carbons (Fsp3) is 0.587. The van der Waals surface area contributed by atoms with Gasteiger partial charge in [-0.25, -0.2) is 14.5 Å². The van der Waals surface area contributed by atoms with Gasteiger partial charge in [0.25, 0.3) is 0 Å². The zero-order valence-electron chi connectivity index (χ0n) is 37.4. The molecule has 2 fully saturated rings. The van der Waals surface area contributed by atoms with Crippen LogP contribution in [0.15, 0.2) is 48.2 Å². The van der Waals surface area contributed by atoms with E-state index in [1.165, 1.54) is 16.9 Å². The lowest BCUT2D eigenvalue weighted by atomic mass is 9.85. The van der Waals surface area contributed by atoms with Crippen molar-refractivity contribution in [2.24, 2.45) is 5.41 Å². The summed E-state index contributed by atoms with van der Waals surface area (Å²) in [5, 5.41) is 53.0. The van der Waals surface area contributed by atoms with Crippen molar-refractivity contribution in [3.05, 3.63) is 65.2 Å². The zero-order valence-corrected chi connectivity index (χ0v) is 38.2. The van der Waals surface area contributed by atoms with Gasteiger partial charge in [0.05, 0.1) is 40.0 Å². The number of aryl methyl sites for hydroxylation is 1. The highest BCUT2D eigenvalue weighted by Gasteiger charge is 2.58. The molecule has 2 amide bonds. The van der Waals surface area contributed by atoms with Gasteiger partial charge >= 0.3 is 5.97 Å². The number of aliphatic hydroxyl groups is 3. The van der Waals surface area contributed by atoms with Gasteiger partial charge in [0.1, 0.15) is 48.9 Å². The first-order chi connectivity index (χ1) is 30.5. The minimum atomic E-state index is -1.96. The van der Waals surface area contributed by atoms with E-state index in [1.807, 2.05) is 70.5 Å². The SMILES string of the molecule is Cc1ncsc1-c1ccc([C@@H](C)NC(=O)[C@@H]2C[C@@H](O)CN2C(=O)[C@@H](NCCCCCCCCCCC(=O)OC[C@H]2O[C@@](C#N)(c3ccc4c(N)ncnn34)[C@H](O)[C@@H]2O)C(C)(C)C)cc1. The number of β-amino-alcohol motifs (C(OH)–C–C–N with tert-alkyl or cyclic N) is 1. The van der Waals surface area contributed by atoms with Gasteiger partial charge in [0.15, 0.2) is 5.82 Å². The Morgan fingerprint density at radius 2 is 1.72 bits per heavy atom. The number of thiazole rings is 1. The molecule has 2 saturated heterocycles. The molecule has 2 aliphatic heterocycles. The number of nitrogens with zero attached hydrogens (tertiary/aromatic N) is 6. The van der Waals surface area contributed by atoms with Crippen LogP contribution >= 0.6 is 11.3 Å². The van der Waals surface area contributed by atoms with Crippen molar-refractivity contribution in [3.63, 3.8) is 0 Å². The topological polar surface area (TPSA) is 251 Å². The normalized spacial score (nSPS) is 23.2. The van der Waals surface area contributed by atoms with Crippen molar-refractivity contribution < 1.29 is 39.2 Å². The fourth-order valence-corrected chi connectivity index (χ4v) is 9.44. The molecule has 17 nitrogen and oxygen atoms in total. The lowest BCUT2D eigenvalue weighted by Gasteiger charge is -2.35. The van der Waals surface area contributed by atoms with E-state index in [0.29, 0.717) is 18.5 Å². The average molecular weight is 902 g/mol. The van der Waals surface area contributed by atoms with Crippen LogP contribution in [0.25, 0.3) is 16.0 Å². The van der Waals surface area contributed by atoms with Crippen LogP contribution in [0.2, 0.25) is 0 Å². The molecule has 0 spiro atoms. The molecule has 2 aliphatic rings. The molecule has 0 aliphatic carbocycles. The molecule has 0 bridgehead atoms. The number of nitriles is 1. The molecule has 18 heteroatoms. The number of carbonyl (C=O) groups is 3. The summed E-state index contributed by atoms with van der Waals surface area (Å²) in [5.41, 5.74) is 8.92. The first kappa shape index (κ1) is 48.4. The van der Waals surface area contributed by atoms with Crippen molar-refractivity contribution in [3.8, 4) is 16.5 Å². The molecule has 0 saturated carbocycles. The highest BCUT2D eigenvalue weighted by molar-refractivity contribution is 7.13. The molecule has 346 valence electrons. The van der Waals surface area contributed by atoms with Crippen LogP contribution in [0.3, 0.4) is 0 Å². The molecule has 3 aromatic heterocycles. The van der Waals surface area contributed by atoms with E-state index in [-0.39, 0.29) is 55.4 Å². The van der Waals surface area contributed by atoms with Crippen LogP contribution in [-0.4, -0.2) is 114 Å². The number of nitrogens with one attached hydrogen (secondary N) is 2. The number of nitrogens with two attached hydrogens (primary N) is 1. The van der Waals surface area contributed by atoms with Crippen molar-refractivity contribution in [1.29, 1.82) is 5.26 Å². The third-order valence-corrected chi connectivity index (χ3v) is 13.3. The third kappa shape index (κ3) is 11.1. The average Bonchev–Trinajstić information content (AvgIpc) is 4.06. The fourth-order valence-electron chi connectivity index (χ4n) is 8.63. The smallest absolute Gasteiger partial charge is 0.305 e. The van der Waals surface area contributed by atoms with Crippen LogP contribution < -0.4 is 16.4 Å². The predicted octanol–water partition coefficient (Wildman–Crippen LogP) is 4.48. The number of fused-ring (bicyclic) bond motifs is 1. The lowest BCUT2D eigenvalue weighted by molar-refractivity contribution is -0.150. The summed E-state index contributed by atoms with van der Waals surface area (Å²) < 4.78 is 12.6. The first-order valence-corrected chi connectivity index (χ1v) is 23.2. The second-order valence-electron chi connectivity index (χ2n) is 18.1. The molecule has 4 aromatic rings. The number of hydrogen-bond acceptors (Lipinski definition) is 15. The minimum Gasteiger partial charge on any atom is -0.463 e. The minimum absolute atomic E-state index is 0.110. The van der Waals surface area contributed by atoms with E-state index < -0.39 is 53.5 Å². The first-order valence-electron chi connectivity index (χ1n) is 22.3. The molecule has 6 rings (SSSR count). The Bertz CT molecular complexity index is 2250. The molecule has 5 heterocycles. The Labute approximate surface area is 378 Å². The van der Waals surface area contributed by atoms with E-state index in [2.05, 4.69) is 25.7 Å². The van der Waals surface area contributed by atoms with Gasteiger partial charge in [-0.2, -0.15) is 10.4 Å². The zero-order chi connectivity index (χ0) is 46.2. The maximum absolute atomic E-state index is 14.1. The van der Waals surface area contributed by atoms with E-state index in [4.69, 9.17) is 15.2 Å². The number of nitrogen functional groups attached to an aromatic ring is 1. The van der Waals surface area contributed by atoms with E-state index in [1.54, 1.807) is 22.3 Å². The Hall–Kier alpha value is -5.03. The van der Waals surface area contributed by atoms with E-state index in [9.17, 15) is 35.0 Å². The molecule has 1 aromatic carbocycles. The van der Waals surface area contributed by atoms with Gasteiger partial charge in [-0.05, 0) is 61.9 Å². The van der Waals surface area contributed by atoms with E-state index in [0.717, 1.165) is 66.6 Å². The summed E-state index contributed by atoms with van der Waals surface area (Å²) in [6, 6.07) is 11.5. The number of esters is 1. The lowest BCUT2D eigenvalue weighted by Crippen LogP contribution is -2.56. The second-order valence-corrected chi connectivity index (χ2v) is 19.0. The number of amides is 2. The number of unbranched alkanes of at least 4 members (excludes halogenated alkanes) is 7. The predicted molar refractivity (Wildman–Crippen MR) is 240 cm³/mol. The van der Waals surface area contributed by atoms with Crippen molar-refractivity contribution in [1.82, 2.24) is 35.1 Å². The molecule has 8 atom stereocenters. The second kappa shape index (κ2) is 21.3. The van der Waals surface area contributed by atoms with Gasteiger partial charge in [-0.15, -0.1) is 11.3 Å². The van der Waals surface area contributed by atoms with Crippen LogP contribution in [0, 0.1) is 23.7 Å². The number of carbonyl (C=O) groups excluding carboxylic acids is 3. The molecular weight excluding hydrogens is 839 g/mol. The molecule has 0 radical (unpaired) electrons. The summed E-state index contributed by atoms with van der Waals surface area (Å²) in [4.78, 5) is 51.1. The summed E-state index contributed by atoms with van der Waals surface area (Å²) in [6.45, 7) is 10.3.